The average Bonchev–Trinajstić information content (AvgIpc) is 2.89. The van der Waals surface area contributed by atoms with Gasteiger partial charge in [-0.2, -0.15) is 0 Å². The minimum Gasteiger partial charge on any atom is -0.468 e. The zero-order valence-corrected chi connectivity index (χ0v) is 11.4. The Hall–Kier alpha value is -2.10. The van der Waals surface area contributed by atoms with E-state index >= 15 is 0 Å². The molecule has 1 N–H and O–H groups in total. The van der Waals surface area contributed by atoms with Gasteiger partial charge in [-0.25, -0.2) is 4.98 Å². The van der Waals surface area contributed by atoms with E-state index < -0.39 is 0 Å². The summed E-state index contributed by atoms with van der Waals surface area (Å²) in [6, 6.07) is 8.17. The van der Waals surface area contributed by atoms with Crippen molar-refractivity contribution < 1.29 is 9.53 Å². The van der Waals surface area contributed by atoms with Gasteiger partial charge < -0.3 is 9.72 Å². The van der Waals surface area contributed by atoms with Gasteiger partial charge >= 0.3 is 5.97 Å². The summed E-state index contributed by atoms with van der Waals surface area (Å²) in [5.74, 6) is 0.0708. The van der Waals surface area contributed by atoms with Gasteiger partial charge in [0.15, 0.2) is 0 Å². The molecule has 4 heteroatoms. The van der Waals surface area contributed by atoms with Crippen molar-refractivity contribution in [1.82, 2.24) is 9.97 Å². The number of hydrogen-bond donors (Lipinski definition) is 1. The van der Waals surface area contributed by atoms with Gasteiger partial charge in [-0.3, -0.25) is 4.79 Å². The van der Waals surface area contributed by atoms with E-state index in [2.05, 4.69) is 9.97 Å². The number of aromatic amines is 1. The molecule has 0 bridgehead atoms. The Morgan fingerprint density at radius 1 is 1.37 bits per heavy atom. The second-order valence-electron chi connectivity index (χ2n) is 4.53. The standard InChI is InChI=1S/C15H18N2O2/c1-4-12(15(18)19-3)14-16-9-13(17-14)11-7-5-10(2)6-8-11/h5-9,12H,4H2,1-3H3,(H,16,17). The fourth-order valence-electron chi connectivity index (χ4n) is 2.01. The highest BCUT2D eigenvalue weighted by Crippen LogP contribution is 2.23. The molecule has 0 radical (unpaired) electrons. The molecular formula is C15H18N2O2. The molecule has 0 fully saturated rings. The normalized spacial score (nSPS) is 12.2. The minimum atomic E-state index is -0.329. The Morgan fingerprint density at radius 3 is 2.63 bits per heavy atom. The summed E-state index contributed by atoms with van der Waals surface area (Å²) in [6.07, 6.45) is 2.42. The van der Waals surface area contributed by atoms with Gasteiger partial charge in [0.05, 0.1) is 19.0 Å². The first-order valence-electron chi connectivity index (χ1n) is 6.35. The van der Waals surface area contributed by atoms with E-state index in [0.29, 0.717) is 12.2 Å². The lowest BCUT2D eigenvalue weighted by Gasteiger charge is -2.08. The van der Waals surface area contributed by atoms with Crippen LogP contribution in [0.15, 0.2) is 30.5 Å². The number of aryl methyl sites for hydroxylation is 1. The topological polar surface area (TPSA) is 55.0 Å². The van der Waals surface area contributed by atoms with Gasteiger partial charge in [-0.05, 0) is 18.9 Å². The van der Waals surface area contributed by atoms with Gasteiger partial charge in [-0.15, -0.1) is 0 Å². The van der Waals surface area contributed by atoms with Crippen LogP contribution >= 0.6 is 0 Å². The number of nitrogens with zero attached hydrogens (tertiary/aromatic N) is 1. The molecule has 0 aliphatic carbocycles. The zero-order valence-electron chi connectivity index (χ0n) is 11.4. The average molecular weight is 258 g/mol. The lowest BCUT2D eigenvalue weighted by molar-refractivity contribution is -0.142. The Labute approximate surface area is 112 Å². The maximum atomic E-state index is 11.7. The number of rotatable bonds is 4. The van der Waals surface area contributed by atoms with Crippen LogP contribution in [-0.2, 0) is 9.53 Å². The van der Waals surface area contributed by atoms with Crippen LogP contribution in [0.1, 0.15) is 30.7 Å². The Morgan fingerprint density at radius 2 is 2.05 bits per heavy atom. The monoisotopic (exact) mass is 258 g/mol. The van der Waals surface area contributed by atoms with Crippen molar-refractivity contribution >= 4 is 5.97 Å². The maximum Gasteiger partial charge on any atom is 0.316 e. The number of nitrogens with one attached hydrogen (secondary N) is 1. The van der Waals surface area contributed by atoms with Crippen LogP contribution in [0.5, 0.6) is 0 Å². The van der Waals surface area contributed by atoms with Crippen LogP contribution in [0.25, 0.3) is 11.3 Å². The van der Waals surface area contributed by atoms with Crippen LogP contribution in [0.3, 0.4) is 0 Å². The second kappa shape index (κ2) is 5.69. The third kappa shape index (κ3) is 2.84. The number of aromatic nitrogens is 2. The number of H-pyrrole nitrogens is 1. The molecule has 19 heavy (non-hydrogen) atoms. The van der Waals surface area contributed by atoms with Crippen molar-refractivity contribution in [2.45, 2.75) is 26.2 Å². The Kier molecular flexibility index (Phi) is 4.00. The van der Waals surface area contributed by atoms with E-state index in [1.165, 1.54) is 12.7 Å². The molecule has 1 atom stereocenters. The van der Waals surface area contributed by atoms with E-state index in [1.807, 2.05) is 38.1 Å². The summed E-state index contributed by atoms with van der Waals surface area (Å²) in [4.78, 5) is 19.2. The smallest absolute Gasteiger partial charge is 0.316 e. The van der Waals surface area contributed by atoms with Gasteiger partial charge in [0, 0.05) is 0 Å². The van der Waals surface area contributed by atoms with Gasteiger partial charge in [0.1, 0.15) is 11.7 Å². The fraction of sp³-hybridized carbons (Fsp3) is 0.333. The molecule has 0 spiro atoms. The molecule has 1 aromatic carbocycles. The number of imidazole rings is 1. The van der Waals surface area contributed by atoms with E-state index in [0.717, 1.165) is 11.3 Å². The second-order valence-corrected chi connectivity index (χ2v) is 4.53. The molecule has 100 valence electrons. The summed E-state index contributed by atoms with van der Waals surface area (Å²) in [5, 5.41) is 0. The van der Waals surface area contributed by atoms with Crippen LogP contribution in [-0.4, -0.2) is 23.0 Å². The highest BCUT2D eigenvalue weighted by atomic mass is 16.5. The van der Waals surface area contributed by atoms with Crippen LogP contribution < -0.4 is 0 Å². The molecule has 1 aromatic heterocycles. The van der Waals surface area contributed by atoms with E-state index in [1.54, 1.807) is 6.20 Å². The highest BCUT2D eigenvalue weighted by molar-refractivity contribution is 5.77. The molecule has 0 amide bonds. The van der Waals surface area contributed by atoms with Gasteiger partial charge in [-0.1, -0.05) is 36.8 Å². The molecule has 0 aliphatic rings. The number of esters is 1. The molecule has 0 aliphatic heterocycles. The van der Waals surface area contributed by atoms with Crippen LogP contribution in [0.4, 0.5) is 0 Å². The largest absolute Gasteiger partial charge is 0.468 e. The lowest BCUT2D eigenvalue weighted by Crippen LogP contribution is -2.14. The molecule has 4 nitrogen and oxygen atoms in total. The number of carbonyl (C=O) groups is 1. The van der Waals surface area contributed by atoms with Crippen LogP contribution in [0, 0.1) is 6.92 Å². The quantitative estimate of drug-likeness (QED) is 0.857. The zero-order chi connectivity index (χ0) is 13.8. The van der Waals surface area contributed by atoms with Crippen LogP contribution in [0.2, 0.25) is 0 Å². The first-order valence-corrected chi connectivity index (χ1v) is 6.35. The molecule has 1 unspecified atom stereocenters. The van der Waals surface area contributed by atoms with E-state index in [4.69, 9.17) is 4.74 Å². The maximum absolute atomic E-state index is 11.7. The third-order valence-corrected chi connectivity index (χ3v) is 3.18. The first kappa shape index (κ1) is 13.3. The van der Waals surface area contributed by atoms with Crippen molar-refractivity contribution in [3.63, 3.8) is 0 Å². The molecule has 0 saturated heterocycles. The van der Waals surface area contributed by atoms with Gasteiger partial charge in [0.25, 0.3) is 0 Å². The minimum absolute atomic E-state index is 0.257. The number of hydrogen-bond acceptors (Lipinski definition) is 3. The molecule has 1 heterocycles. The van der Waals surface area contributed by atoms with Gasteiger partial charge in [0.2, 0.25) is 0 Å². The SMILES string of the molecule is CCC(C(=O)OC)c1ncc(-c2ccc(C)cc2)[nH]1. The highest BCUT2D eigenvalue weighted by Gasteiger charge is 2.22. The lowest BCUT2D eigenvalue weighted by atomic mass is 10.1. The van der Waals surface area contributed by atoms with Crippen molar-refractivity contribution in [2.75, 3.05) is 7.11 Å². The number of carbonyl (C=O) groups excluding carboxylic acids is 1. The predicted octanol–water partition coefficient (Wildman–Crippen LogP) is 3.05. The van der Waals surface area contributed by atoms with Crippen molar-refractivity contribution in [3.05, 3.63) is 41.9 Å². The van der Waals surface area contributed by atoms with Crippen molar-refractivity contribution in [3.8, 4) is 11.3 Å². The molecule has 0 saturated carbocycles. The Balaban J connectivity index is 2.27. The number of methoxy groups -OCH3 is 1. The predicted molar refractivity (Wildman–Crippen MR) is 73.8 cm³/mol. The molecular weight excluding hydrogens is 240 g/mol. The van der Waals surface area contributed by atoms with Crippen molar-refractivity contribution in [1.29, 1.82) is 0 Å². The number of ether oxygens (including phenoxy) is 1. The third-order valence-electron chi connectivity index (χ3n) is 3.18. The summed E-state index contributed by atoms with van der Waals surface area (Å²) < 4.78 is 4.79. The van der Waals surface area contributed by atoms with E-state index in [9.17, 15) is 4.79 Å². The van der Waals surface area contributed by atoms with Crippen molar-refractivity contribution in [2.24, 2.45) is 0 Å². The summed E-state index contributed by atoms with van der Waals surface area (Å²) in [5.41, 5.74) is 3.19. The molecule has 2 rings (SSSR count). The summed E-state index contributed by atoms with van der Waals surface area (Å²) >= 11 is 0. The molecule has 2 aromatic rings. The summed E-state index contributed by atoms with van der Waals surface area (Å²) in [7, 11) is 1.40. The Bertz CT molecular complexity index is 558. The number of benzene rings is 1. The van der Waals surface area contributed by atoms with E-state index in [-0.39, 0.29) is 11.9 Å². The fourth-order valence-corrected chi connectivity index (χ4v) is 2.01. The summed E-state index contributed by atoms with van der Waals surface area (Å²) in [6.45, 7) is 3.99. The first-order chi connectivity index (χ1) is 9.15.